The molecule has 0 saturated heterocycles. The number of ketones is 1. The number of rotatable bonds is 5. The maximum absolute atomic E-state index is 12.8. The molecule has 1 aromatic carbocycles. The molecule has 1 aromatic rings. The Morgan fingerprint density at radius 2 is 2.07 bits per heavy atom. The fraction of sp³-hybridized carbons (Fsp3) is 0.115. The van der Waals surface area contributed by atoms with E-state index >= 15 is 0 Å². The molecular weight excluding hydrogens is 370 g/mol. The van der Waals surface area contributed by atoms with Gasteiger partial charge in [-0.3, -0.25) is 4.79 Å². The van der Waals surface area contributed by atoms with Crippen LogP contribution in [0.5, 0.6) is 0 Å². The SMILES string of the molecule is C=C/C=C\C(=C)c1cccc2c1C(N=C(N)/N=C(\C)C1=CC=CCC=C1)=C(C)C2=O. The standard InChI is InChI=1S/C26H25N3O/c1-5-6-12-17(2)21-15-11-16-22-23(21)24(18(3)25(22)30)29-26(27)28-19(4)20-13-9-7-8-10-14-20/h5-7,9-16H,1-2,8H2,3-4H3,(H2,27,29)/b12-6-,28-19+. The van der Waals surface area contributed by atoms with Gasteiger partial charge in [-0.25, -0.2) is 9.98 Å². The number of guanidine groups is 1. The predicted octanol–water partition coefficient (Wildman–Crippen LogP) is 5.59. The Labute approximate surface area is 177 Å². The second-order valence-corrected chi connectivity index (χ2v) is 7.01. The number of carbonyl (C=O) groups excluding carboxylic acids is 1. The Kier molecular flexibility index (Phi) is 6.38. The van der Waals surface area contributed by atoms with Crippen LogP contribution in [0.4, 0.5) is 0 Å². The smallest absolute Gasteiger partial charge is 0.220 e. The van der Waals surface area contributed by atoms with Crippen LogP contribution < -0.4 is 5.73 Å². The summed E-state index contributed by atoms with van der Waals surface area (Å²) in [5.41, 5.74) is 11.9. The Hall–Kier alpha value is -3.79. The van der Waals surface area contributed by atoms with Gasteiger partial charge < -0.3 is 5.73 Å². The van der Waals surface area contributed by atoms with Gasteiger partial charge in [0.05, 0.1) is 5.70 Å². The van der Waals surface area contributed by atoms with Crippen molar-refractivity contribution in [3.8, 4) is 0 Å². The van der Waals surface area contributed by atoms with E-state index in [0.717, 1.165) is 34.4 Å². The summed E-state index contributed by atoms with van der Waals surface area (Å²) in [6, 6.07) is 5.58. The first kappa shape index (κ1) is 20.9. The van der Waals surface area contributed by atoms with Gasteiger partial charge in [0, 0.05) is 22.4 Å². The summed E-state index contributed by atoms with van der Waals surface area (Å²) in [7, 11) is 0. The minimum atomic E-state index is -0.0563. The molecule has 4 heteroatoms. The molecule has 0 radical (unpaired) electrons. The van der Waals surface area contributed by atoms with E-state index in [0.29, 0.717) is 16.8 Å². The number of hydrogen-bond acceptors (Lipinski definition) is 2. The quantitative estimate of drug-likeness (QED) is 0.401. The van der Waals surface area contributed by atoms with Gasteiger partial charge in [0.15, 0.2) is 5.78 Å². The first-order valence-corrected chi connectivity index (χ1v) is 9.74. The Morgan fingerprint density at radius 3 is 2.83 bits per heavy atom. The second-order valence-electron chi connectivity index (χ2n) is 7.01. The van der Waals surface area contributed by atoms with Crippen LogP contribution in [-0.2, 0) is 0 Å². The van der Waals surface area contributed by atoms with Crippen molar-refractivity contribution in [3.63, 3.8) is 0 Å². The van der Waals surface area contributed by atoms with Crippen molar-refractivity contribution in [2.45, 2.75) is 20.3 Å². The highest BCUT2D eigenvalue weighted by Crippen LogP contribution is 2.38. The van der Waals surface area contributed by atoms with Gasteiger partial charge in [-0.1, -0.05) is 80.0 Å². The van der Waals surface area contributed by atoms with E-state index in [-0.39, 0.29) is 11.7 Å². The molecule has 0 aromatic heterocycles. The van der Waals surface area contributed by atoms with Gasteiger partial charge in [0.1, 0.15) is 0 Å². The van der Waals surface area contributed by atoms with E-state index in [2.05, 4.69) is 35.3 Å². The lowest BCUT2D eigenvalue weighted by atomic mass is 9.96. The van der Waals surface area contributed by atoms with E-state index in [1.807, 2.05) is 49.4 Å². The third-order valence-electron chi connectivity index (χ3n) is 4.93. The van der Waals surface area contributed by atoms with E-state index < -0.39 is 0 Å². The van der Waals surface area contributed by atoms with Crippen LogP contribution >= 0.6 is 0 Å². The number of allylic oxidation sites excluding steroid dienone is 11. The van der Waals surface area contributed by atoms with Gasteiger partial charge in [-0.15, -0.1) is 0 Å². The minimum Gasteiger partial charge on any atom is -0.368 e. The molecule has 4 nitrogen and oxygen atoms in total. The normalized spacial score (nSPS) is 16.7. The summed E-state index contributed by atoms with van der Waals surface area (Å²) >= 11 is 0. The lowest BCUT2D eigenvalue weighted by Gasteiger charge is -2.10. The number of nitrogens with two attached hydrogens (primary N) is 1. The number of fused-ring (bicyclic) bond motifs is 1. The number of benzene rings is 1. The summed E-state index contributed by atoms with van der Waals surface area (Å²) in [5, 5.41) is 0. The molecule has 0 atom stereocenters. The molecule has 0 saturated carbocycles. The summed E-state index contributed by atoms with van der Waals surface area (Å²) in [6.45, 7) is 11.5. The summed E-state index contributed by atoms with van der Waals surface area (Å²) < 4.78 is 0. The van der Waals surface area contributed by atoms with Crippen molar-refractivity contribution in [1.82, 2.24) is 0 Å². The Balaban J connectivity index is 2.05. The zero-order valence-corrected chi connectivity index (χ0v) is 17.4. The average molecular weight is 396 g/mol. The zero-order valence-electron chi connectivity index (χ0n) is 17.4. The molecule has 0 amide bonds. The molecule has 3 rings (SSSR count). The Bertz CT molecular complexity index is 1130. The number of aliphatic imine (C=N–C) groups is 2. The van der Waals surface area contributed by atoms with Crippen LogP contribution in [0, 0.1) is 0 Å². The van der Waals surface area contributed by atoms with E-state index in [4.69, 9.17) is 5.73 Å². The number of Topliss-reactive ketones (excluding diaryl/α,β-unsaturated/α-hetero) is 1. The lowest BCUT2D eigenvalue weighted by Crippen LogP contribution is -2.12. The van der Waals surface area contributed by atoms with Crippen LogP contribution in [0.3, 0.4) is 0 Å². The lowest BCUT2D eigenvalue weighted by molar-refractivity contribution is 0.103. The maximum Gasteiger partial charge on any atom is 0.220 e. The predicted molar refractivity (Wildman–Crippen MR) is 127 cm³/mol. The molecule has 0 heterocycles. The first-order valence-electron chi connectivity index (χ1n) is 9.74. The van der Waals surface area contributed by atoms with E-state index in [1.54, 1.807) is 19.1 Å². The van der Waals surface area contributed by atoms with Crippen molar-refractivity contribution in [1.29, 1.82) is 0 Å². The third kappa shape index (κ3) is 4.28. The van der Waals surface area contributed by atoms with Crippen molar-refractivity contribution in [3.05, 3.63) is 108 Å². The van der Waals surface area contributed by atoms with E-state index in [1.165, 1.54) is 0 Å². The zero-order chi connectivity index (χ0) is 21.7. The molecule has 0 spiro atoms. The van der Waals surface area contributed by atoms with Crippen molar-refractivity contribution < 1.29 is 4.79 Å². The summed E-state index contributed by atoms with van der Waals surface area (Å²) in [5.74, 6) is 0.0474. The van der Waals surface area contributed by atoms with Crippen molar-refractivity contribution >= 4 is 28.7 Å². The van der Waals surface area contributed by atoms with Gasteiger partial charge in [-0.05, 0) is 37.0 Å². The topological polar surface area (TPSA) is 67.8 Å². The molecule has 2 aliphatic carbocycles. The first-order chi connectivity index (χ1) is 14.4. The van der Waals surface area contributed by atoms with Gasteiger partial charge >= 0.3 is 0 Å². The van der Waals surface area contributed by atoms with E-state index in [9.17, 15) is 4.79 Å². The summed E-state index contributed by atoms with van der Waals surface area (Å²) in [4.78, 5) is 21.8. The largest absolute Gasteiger partial charge is 0.368 e. The highest BCUT2D eigenvalue weighted by molar-refractivity contribution is 6.22. The van der Waals surface area contributed by atoms with Gasteiger partial charge in [0.2, 0.25) is 5.96 Å². The molecule has 2 aliphatic rings. The average Bonchev–Trinajstić information content (AvgIpc) is 2.93. The molecule has 150 valence electrons. The third-order valence-corrected chi connectivity index (χ3v) is 4.93. The highest BCUT2D eigenvalue weighted by atomic mass is 16.1. The number of nitrogens with zero attached hydrogens (tertiary/aromatic N) is 2. The van der Waals surface area contributed by atoms with Crippen LogP contribution in [-0.4, -0.2) is 17.5 Å². The maximum atomic E-state index is 12.8. The monoisotopic (exact) mass is 395 g/mol. The molecule has 0 unspecified atom stereocenters. The molecule has 0 aliphatic heterocycles. The fourth-order valence-electron chi connectivity index (χ4n) is 3.37. The number of hydrogen-bond donors (Lipinski definition) is 1. The minimum absolute atomic E-state index is 0.0563. The van der Waals surface area contributed by atoms with Crippen LogP contribution in [0.25, 0.3) is 11.3 Å². The van der Waals surface area contributed by atoms with Gasteiger partial charge in [0.25, 0.3) is 0 Å². The molecular formula is C26H25N3O. The molecule has 0 bridgehead atoms. The van der Waals surface area contributed by atoms with Crippen molar-refractivity contribution in [2.75, 3.05) is 0 Å². The van der Waals surface area contributed by atoms with Crippen LogP contribution in [0.15, 0.2) is 101 Å². The van der Waals surface area contributed by atoms with Crippen LogP contribution in [0.1, 0.15) is 41.8 Å². The second kappa shape index (κ2) is 9.14. The van der Waals surface area contributed by atoms with Gasteiger partial charge in [-0.2, -0.15) is 0 Å². The number of carbonyl (C=O) groups is 1. The fourth-order valence-corrected chi connectivity index (χ4v) is 3.37. The summed E-state index contributed by atoms with van der Waals surface area (Å²) in [6.07, 6.45) is 16.4. The molecule has 2 N–H and O–H groups in total. The Morgan fingerprint density at radius 1 is 1.27 bits per heavy atom. The highest BCUT2D eigenvalue weighted by Gasteiger charge is 2.29. The van der Waals surface area contributed by atoms with Crippen LogP contribution in [0.2, 0.25) is 0 Å². The van der Waals surface area contributed by atoms with Crippen molar-refractivity contribution in [2.24, 2.45) is 15.7 Å². The molecule has 0 fully saturated rings. The molecule has 30 heavy (non-hydrogen) atoms.